The molecular weight excluding hydrogens is 187 g/mol. The number of alkyl halides is 1. The van der Waals surface area contributed by atoms with Gasteiger partial charge in [0.05, 0.1) is 6.61 Å². The van der Waals surface area contributed by atoms with Gasteiger partial charge in [0, 0.05) is 0 Å². The second-order valence-electron chi connectivity index (χ2n) is 2.87. The Morgan fingerprint density at radius 1 is 1.31 bits per heavy atom. The van der Waals surface area contributed by atoms with Gasteiger partial charge >= 0.3 is 0 Å². The first kappa shape index (κ1) is 10.8. The van der Waals surface area contributed by atoms with Crippen LogP contribution in [-0.2, 0) is 4.74 Å². The van der Waals surface area contributed by atoms with Crippen molar-refractivity contribution < 1.29 is 34.7 Å². The third kappa shape index (κ3) is 1.66. The summed E-state index contributed by atoms with van der Waals surface area (Å²) in [4.78, 5) is 0. The van der Waals surface area contributed by atoms with Gasteiger partial charge in [0.15, 0.2) is 0 Å². The average molecular weight is 198 g/mol. The molecule has 0 bridgehead atoms. The minimum atomic E-state index is -3.43. The summed E-state index contributed by atoms with van der Waals surface area (Å²) < 4.78 is 17.2. The summed E-state index contributed by atoms with van der Waals surface area (Å²) in [6, 6.07) is 0. The predicted octanol–water partition coefficient (Wildman–Crippen LogP) is -2.92. The molecule has 5 N–H and O–H groups in total. The van der Waals surface area contributed by atoms with Crippen LogP contribution in [0.25, 0.3) is 0 Å². The van der Waals surface area contributed by atoms with E-state index in [2.05, 4.69) is 4.74 Å². The van der Waals surface area contributed by atoms with Gasteiger partial charge in [0.2, 0.25) is 6.29 Å². The molecule has 13 heavy (non-hydrogen) atoms. The van der Waals surface area contributed by atoms with E-state index in [1.165, 1.54) is 0 Å². The van der Waals surface area contributed by atoms with Gasteiger partial charge in [-0.05, 0) is 0 Å². The molecule has 1 heterocycles. The van der Waals surface area contributed by atoms with Crippen LogP contribution in [-0.4, -0.2) is 62.6 Å². The fraction of sp³-hybridized carbons (Fsp3) is 1.00. The number of aliphatic hydroxyl groups is 5. The van der Waals surface area contributed by atoms with Crippen LogP contribution in [0.2, 0.25) is 0 Å². The summed E-state index contributed by atoms with van der Waals surface area (Å²) in [5, 5.41) is 44.1. The van der Waals surface area contributed by atoms with E-state index in [0.717, 1.165) is 0 Å². The van der Waals surface area contributed by atoms with Crippen molar-refractivity contribution in [1.29, 1.82) is 0 Å². The molecule has 0 aliphatic carbocycles. The normalized spacial score (nSPS) is 52.2. The van der Waals surface area contributed by atoms with E-state index in [1.54, 1.807) is 0 Å². The maximum atomic E-state index is 12.9. The molecule has 0 amide bonds. The summed E-state index contributed by atoms with van der Waals surface area (Å²) in [7, 11) is 0. The van der Waals surface area contributed by atoms with Gasteiger partial charge in [-0.3, -0.25) is 0 Å². The zero-order chi connectivity index (χ0) is 10.2. The number of hydrogen-bond donors (Lipinski definition) is 5. The zero-order valence-corrected chi connectivity index (χ0v) is 6.54. The van der Waals surface area contributed by atoms with Crippen LogP contribution >= 0.6 is 0 Å². The Kier molecular flexibility index (Phi) is 2.85. The van der Waals surface area contributed by atoms with E-state index in [-0.39, 0.29) is 0 Å². The Bertz CT molecular complexity index is 186. The minimum Gasteiger partial charge on any atom is -0.394 e. The lowest BCUT2D eigenvalue weighted by molar-refractivity contribution is -0.370. The van der Waals surface area contributed by atoms with E-state index in [0.29, 0.717) is 0 Å². The van der Waals surface area contributed by atoms with E-state index in [1.807, 2.05) is 0 Å². The van der Waals surface area contributed by atoms with Crippen molar-refractivity contribution in [2.24, 2.45) is 0 Å². The minimum absolute atomic E-state index is 0.703. The average Bonchev–Trinajstić information content (AvgIpc) is 2.09. The third-order valence-corrected chi connectivity index (χ3v) is 1.95. The Labute approximate surface area is 72.8 Å². The first-order chi connectivity index (χ1) is 5.91. The van der Waals surface area contributed by atoms with Crippen molar-refractivity contribution in [2.75, 3.05) is 6.61 Å². The summed E-state index contributed by atoms with van der Waals surface area (Å²) >= 11 is 0. The Balaban J connectivity index is 2.79. The van der Waals surface area contributed by atoms with Gasteiger partial charge in [0.25, 0.3) is 5.85 Å². The van der Waals surface area contributed by atoms with Crippen molar-refractivity contribution in [3.05, 3.63) is 0 Å². The second-order valence-corrected chi connectivity index (χ2v) is 2.87. The highest BCUT2D eigenvalue weighted by Gasteiger charge is 2.55. The number of aliphatic hydroxyl groups excluding tert-OH is 4. The van der Waals surface area contributed by atoms with Crippen LogP contribution in [0.4, 0.5) is 4.39 Å². The van der Waals surface area contributed by atoms with Crippen LogP contribution in [0.1, 0.15) is 0 Å². The quantitative estimate of drug-likeness (QED) is 0.308. The van der Waals surface area contributed by atoms with Crippen molar-refractivity contribution in [3.8, 4) is 0 Å². The highest BCUT2D eigenvalue weighted by atomic mass is 19.2. The molecule has 0 aromatic rings. The van der Waals surface area contributed by atoms with Crippen LogP contribution in [0.5, 0.6) is 0 Å². The maximum Gasteiger partial charge on any atom is 0.286 e. The van der Waals surface area contributed by atoms with Gasteiger partial charge in [-0.15, -0.1) is 0 Å². The largest absolute Gasteiger partial charge is 0.394 e. The molecule has 1 saturated heterocycles. The number of ether oxygens (including phenoxy) is 1. The van der Waals surface area contributed by atoms with Crippen LogP contribution in [0, 0.1) is 0 Å². The standard InChI is InChI=1S/C6H11FO6/c7-6(12)4(10)3(9)2(1-8)13-5(6)11/h2-5,8-12H,1H2/t2-,3-,4+,5?,6-/m1/s1. The van der Waals surface area contributed by atoms with E-state index in [4.69, 9.17) is 25.5 Å². The molecular formula is C6H11FO6. The van der Waals surface area contributed by atoms with Crippen molar-refractivity contribution in [3.63, 3.8) is 0 Å². The van der Waals surface area contributed by atoms with Gasteiger partial charge in [-0.2, -0.15) is 0 Å². The van der Waals surface area contributed by atoms with Crippen molar-refractivity contribution in [1.82, 2.24) is 0 Å². The number of rotatable bonds is 1. The Morgan fingerprint density at radius 3 is 2.31 bits per heavy atom. The first-order valence-electron chi connectivity index (χ1n) is 3.63. The molecule has 0 spiro atoms. The lowest BCUT2D eigenvalue weighted by Crippen LogP contribution is -2.64. The van der Waals surface area contributed by atoms with E-state index >= 15 is 0 Å². The second kappa shape index (κ2) is 3.45. The van der Waals surface area contributed by atoms with E-state index < -0.39 is 37.1 Å². The Morgan fingerprint density at radius 2 is 1.85 bits per heavy atom. The summed E-state index contributed by atoms with van der Waals surface area (Å²) in [5.41, 5.74) is 0. The molecule has 0 aromatic carbocycles. The molecule has 1 fully saturated rings. The smallest absolute Gasteiger partial charge is 0.286 e. The molecule has 0 aromatic heterocycles. The lowest BCUT2D eigenvalue weighted by Gasteiger charge is -2.40. The van der Waals surface area contributed by atoms with Crippen LogP contribution < -0.4 is 0 Å². The molecule has 0 radical (unpaired) electrons. The number of halogens is 1. The highest BCUT2D eigenvalue weighted by Crippen LogP contribution is 2.29. The number of hydrogen-bond acceptors (Lipinski definition) is 6. The summed E-state index contributed by atoms with van der Waals surface area (Å²) in [6.07, 6.45) is -7.61. The fourth-order valence-corrected chi connectivity index (χ4v) is 1.08. The molecule has 1 aliphatic heterocycles. The van der Waals surface area contributed by atoms with Gasteiger partial charge in [-0.25, -0.2) is 4.39 Å². The van der Waals surface area contributed by atoms with Crippen molar-refractivity contribution in [2.45, 2.75) is 30.5 Å². The molecule has 6 nitrogen and oxygen atoms in total. The molecule has 5 atom stereocenters. The van der Waals surface area contributed by atoms with Gasteiger partial charge in [0.1, 0.15) is 18.3 Å². The Hall–Kier alpha value is -0.310. The summed E-state index contributed by atoms with van der Waals surface area (Å²) in [5.74, 6) is -3.43. The van der Waals surface area contributed by atoms with Gasteiger partial charge < -0.3 is 30.3 Å². The van der Waals surface area contributed by atoms with Crippen LogP contribution in [0.3, 0.4) is 0 Å². The lowest BCUT2D eigenvalue weighted by atomic mass is 9.97. The third-order valence-electron chi connectivity index (χ3n) is 1.95. The molecule has 1 aliphatic rings. The van der Waals surface area contributed by atoms with Crippen LogP contribution in [0.15, 0.2) is 0 Å². The predicted molar refractivity (Wildman–Crippen MR) is 36.0 cm³/mol. The fourth-order valence-electron chi connectivity index (χ4n) is 1.08. The van der Waals surface area contributed by atoms with Gasteiger partial charge in [-0.1, -0.05) is 0 Å². The first-order valence-corrected chi connectivity index (χ1v) is 3.63. The topological polar surface area (TPSA) is 110 Å². The van der Waals surface area contributed by atoms with E-state index in [9.17, 15) is 4.39 Å². The molecule has 1 unspecified atom stereocenters. The molecule has 7 heteroatoms. The maximum absolute atomic E-state index is 12.9. The zero-order valence-electron chi connectivity index (χ0n) is 6.54. The monoisotopic (exact) mass is 198 g/mol. The highest BCUT2D eigenvalue weighted by molar-refractivity contribution is 4.93. The molecule has 78 valence electrons. The van der Waals surface area contributed by atoms with Crippen molar-refractivity contribution >= 4 is 0 Å². The SMILES string of the molecule is OC[C@H]1OC(O)[C@@](O)(F)[C@@H](O)[C@@H]1O. The summed E-state index contributed by atoms with van der Waals surface area (Å²) in [6.45, 7) is -0.703. The molecule has 1 rings (SSSR count). The molecule has 0 saturated carbocycles.